The molecule has 1 atom stereocenters. The molecule has 1 aliphatic rings. The Hall–Kier alpha value is -1.26. The van der Waals surface area contributed by atoms with E-state index in [1.54, 1.807) is 14.2 Å². The van der Waals surface area contributed by atoms with Crippen LogP contribution < -0.4 is 14.8 Å². The van der Waals surface area contributed by atoms with Gasteiger partial charge in [0.15, 0.2) is 0 Å². The molecule has 0 aromatic heterocycles. The highest BCUT2D eigenvalue weighted by atomic mass is 16.5. The van der Waals surface area contributed by atoms with Gasteiger partial charge in [0.25, 0.3) is 0 Å². The number of ether oxygens (including phenoxy) is 2. The topological polar surface area (TPSA) is 50.7 Å². The van der Waals surface area contributed by atoms with Crippen molar-refractivity contribution in [1.82, 2.24) is 5.32 Å². The Labute approximate surface area is 114 Å². The lowest BCUT2D eigenvalue weighted by Crippen LogP contribution is -2.33. The third-order valence-electron chi connectivity index (χ3n) is 3.79. The van der Waals surface area contributed by atoms with Gasteiger partial charge in [-0.1, -0.05) is 12.8 Å². The van der Waals surface area contributed by atoms with E-state index in [0.29, 0.717) is 6.04 Å². The van der Waals surface area contributed by atoms with Gasteiger partial charge in [-0.25, -0.2) is 0 Å². The van der Waals surface area contributed by atoms with E-state index in [4.69, 9.17) is 9.47 Å². The van der Waals surface area contributed by atoms with Crippen LogP contribution in [0.3, 0.4) is 0 Å². The minimum Gasteiger partial charge on any atom is -0.497 e. The zero-order valence-corrected chi connectivity index (χ0v) is 11.7. The summed E-state index contributed by atoms with van der Waals surface area (Å²) >= 11 is 0. The molecule has 0 heterocycles. The monoisotopic (exact) mass is 265 g/mol. The van der Waals surface area contributed by atoms with Gasteiger partial charge in [0.2, 0.25) is 0 Å². The smallest absolute Gasteiger partial charge is 0.127 e. The molecule has 0 amide bonds. The summed E-state index contributed by atoms with van der Waals surface area (Å²) in [5.74, 6) is 1.52. The van der Waals surface area contributed by atoms with E-state index in [2.05, 4.69) is 5.32 Å². The van der Waals surface area contributed by atoms with Crippen LogP contribution in [0, 0.1) is 0 Å². The Morgan fingerprint density at radius 3 is 2.58 bits per heavy atom. The van der Waals surface area contributed by atoms with Crippen LogP contribution >= 0.6 is 0 Å². The number of hydrogen-bond acceptors (Lipinski definition) is 4. The first-order valence-corrected chi connectivity index (χ1v) is 6.87. The largest absolute Gasteiger partial charge is 0.497 e. The Morgan fingerprint density at radius 2 is 2.00 bits per heavy atom. The molecule has 1 aromatic carbocycles. The first-order valence-electron chi connectivity index (χ1n) is 6.87. The lowest BCUT2D eigenvalue weighted by atomic mass is 10.0. The van der Waals surface area contributed by atoms with Crippen LogP contribution in [0.4, 0.5) is 0 Å². The summed E-state index contributed by atoms with van der Waals surface area (Å²) in [7, 11) is 3.27. The SMILES string of the molecule is COc1ccc(C(CO)NC2CCCC2)c(OC)c1. The molecule has 1 saturated carbocycles. The molecule has 4 heteroatoms. The van der Waals surface area contributed by atoms with E-state index in [1.165, 1.54) is 25.7 Å². The van der Waals surface area contributed by atoms with Gasteiger partial charge < -0.3 is 19.9 Å². The number of aliphatic hydroxyl groups is 1. The normalized spacial score (nSPS) is 17.4. The van der Waals surface area contributed by atoms with E-state index in [9.17, 15) is 5.11 Å². The number of hydrogen-bond donors (Lipinski definition) is 2. The van der Waals surface area contributed by atoms with E-state index in [0.717, 1.165) is 17.1 Å². The van der Waals surface area contributed by atoms with Crippen molar-refractivity contribution >= 4 is 0 Å². The minimum absolute atomic E-state index is 0.0686. The van der Waals surface area contributed by atoms with Crippen LogP contribution in [-0.4, -0.2) is 32.0 Å². The first kappa shape index (κ1) is 14.2. The van der Waals surface area contributed by atoms with Gasteiger partial charge in [-0.3, -0.25) is 0 Å². The quantitative estimate of drug-likeness (QED) is 0.828. The highest BCUT2D eigenvalue weighted by Gasteiger charge is 2.22. The fourth-order valence-corrected chi connectivity index (χ4v) is 2.72. The van der Waals surface area contributed by atoms with Gasteiger partial charge in [-0.2, -0.15) is 0 Å². The van der Waals surface area contributed by atoms with Gasteiger partial charge in [0.1, 0.15) is 11.5 Å². The predicted octanol–water partition coefficient (Wildman–Crippen LogP) is 2.27. The van der Waals surface area contributed by atoms with Crippen LogP contribution in [0.15, 0.2) is 18.2 Å². The maximum Gasteiger partial charge on any atom is 0.127 e. The second-order valence-corrected chi connectivity index (χ2v) is 4.99. The van der Waals surface area contributed by atoms with Crippen LogP contribution in [0.2, 0.25) is 0 Å². The predicted molar refractivity (Wildman–Crippen MR) is 74.8 cm³/mol. The summed E-state index contributed by atoms with van der Waals surface area (Å²) in [6.45, 7) is 0.0686. The summed E-state index contributed by atoms with van der Waals surface area (Å²) in [6.07, 6.45) is 4.93. The molecule has 19 heavy (non-hydrogen) atoms. The van der Waals surface area contributed by atoms with E-state index in [-0.39, 0.29) is 12.6 Å². The van der Waals surface area contributed by atoms with E-state index in [1.807, 2.05) is 18.2 Å². The van der Waals surface area contributed by atoms with Crippen LogP contribution in [0.1, 0.15) is 37.3 Å². The summed E-state index contributed by atoms with van der Waals surface area (Å²) in [5.41, 5.74) is 0.984. The Morgan fingerprint density at radius 1 is 1.26 bits per heavy atom. The zero-order valence-electron chi connectivity index (χ0n) is 11.7. The molecule has 0 bridgehead atoms. The molecule has 0 spiro atoms. The van der Waals surface area contributed by atoms with Crippen molar-refractivity contribution < 1.29 is 14.6 Å². The molecule has 0 saturated heterocycles. The maximum atomic E-state index is 9.64. The summed E-state index contributed by atoms with van der Waals surface area (Å²) in [5, 5.41) is 13.2. The molecule has 2 rings (SSSR count). The highest BCUT2D eigenvalue weighted by Crippen LogP contribution is 2.31. The standard InChI is InChI=1S/C15H23NO3/c1-18-12-7-8-13(15(9-12)19-2)14(10-17)16-11-5-3-4-6-11/h7-9,11,14,16-17H,3-6,10H2,1-2H3. The van der Waals surface area contributed by atoms with Gasteiger partial charge in [-0.15, -0.1) is 0 Å². The van der Waals surface area contributed by atoms with Crippen LogP contribution in [0.5, 0.6) is 11.5 Å². The molecule has 106 valence electrons. The summed E-state index contributed by atoms with van der Waals surface area (Å²) < 4.78 is 10.6. The lowest BCUT2D eigenvalue weighted by Gasteiger charge is -2.23. The second-order valence-electron chi connectivity index (χ2n) is 4.99. The van der Waals surface area contributed by atoms with E-state index < -0.39 is 0 Å². The van der Waals surface area contributed by atoms with E-state index >= 15 is 0 Å². The molecule has 0 aliphatic heterocycles. The van der Waals surface area contributed by atoms with Gasteiger partial charge in [0.05, 0.1) is 26.9 Å². The van der Waals surface area contributed by atoms with Crippen molar-refractivity contribution in [2.75, 3.05) is 20.8 Å². The van der Waals surface area contributed by atoms with Crippen molar-refractivity contribution in [2.45, 2.75) is 37.8 Å². The highest BCUT2D eigenvalue weighted by molar-refractivity contribution is 5.42. The average Bonchev–Trinajstić information content (AvgIpc) is 2.97. The van der Waals surface area contributed by atoms with Gasteiger partial charge in [0, 0.05) is 17.7 Å². The Bertz CT molecular complexity index is 402. The van der Waals surface area contributed by atoms with Gasteiger partial charge >= 0.3 is 0 Å². The van der Waals surface area contributed by atoms with Gasteiger partial charge in [-0.05, 0) is 25.0 Å². The minimum atomic E-state index is -0.0797. The second kappa shape index (κ2) is 6.78. The summed E-state index contributed by atoms with van der Waals surface area (Å²) in [6, 6.07) is 6.14. The molecule has 0 radical (unpaired) electrons. The van der Waals surface area contributed by atoms with Crippen molar-refractivity contribution in [3.63, 3.8) is 0 Å². The molecule has 1 unspecified atom stereocenters. The Kier molecular flexibility index (Phi) is 5.05. The molecular weight excluding hydrogens is 242 g/mol. The van der Waals surface area contributed by atoms with Crippen LogP contribution in [0.25, 0.3) is 0 Å². The fraction of sp³-hybridized carbons (Fsp3) is 0.600. The first-order chi connectivity index (χ1) is 9.28. The molecule has 1 aromatic rings. The van der Waals surface area contributed by atoms with Crippen molar-refractivity contribution in [3.05, 3.63) is 23.8 Å². The molecule has 2 N–H and O–H groups in total. The number of methoxy groups -OCH3 is 2. The number of aliphatic hydroxyl groups excluding tert-OH is 1. The Balaban J connectivity index is 2.16. The lowest BCUT2D eigenvalue weighted by molar-refractivity contribution is 0.229. The van der Waals surface area contributed by atoms with Crippen LogP contribution in [-0.2, 0) is 0 Å². The fourth-order valence-electron chi connectivity index (χ4n) is 2.72. The third-order valence-corrected chi connectivity index (χ3v) is 3.79. The third kappa shape index (κ3) is 3.39. The summed E-state index contributed by atoms with van der Waals surface area (Å²) in [4.78, 5) is 0. The molecular formula is C15H23NO3. The number of rotatable bonds is 6. The molecule has 4 nitrogen and oxygen atoms in total. The van der Waals surface area contributed by atoms with Crippen molar-refractivity contribution in [3.8, 4) is 11.5 Å². The molecule has 1 aliphatic carbocycles. The maximum absolute atomic E-state index is 9.64. The molecule has 1 fully saturated rings. The number of benzene rings is 1. The van der Waals surface area contributed by atoms with Crippen molar-refractivity contribution in [1.29, 1.82) is 0 Å². The number of nitrogens with one attached hydrogen (secondary N) is 1. The zero-order chi connectivity index (χ0) is 13.7. The average molecular weight is 265 g/mol. The van der Waals surface area contributed by atoms with Crippen molar-refractivity contribution in [2.24, 2.45) is 0 Å².